The maximum atomic E-state index is 12.2. The maximum absolute atomic E-state index is 12.2. The molecule has 2 rings (SSSR count). The van der Waals surface area contributed by atoms with Crippen molar-refractivity contribution in [3.05, 3.63) is 38.6 Å². The Morgan fingerprint density at radius 1 is 1.19 bits per heavy atom. The van der Waals surface area contributed by atoms with Crippen molar-refractivity contribution in [1.29, 1.82) is 0 Å². The Kier molecular flexibility index (Phi) is 9.08. The number of hydrogen-bond acceptors (Lipinski definition) is 8. The number of phenols is 1. The fourth-order valence-corrected chi connectivity index (χ4v) is 3.51. The van der Waals surface area contributed by atoms with E-state index in [0.717, 1.165) is 17.7 Å². The van der Waals surface area contributed by atoms with Gasteiger partial charge in [0.05, 0.1) is 4.47 Å². The molecule has 1 heterocycles. The monoisotopic (exact) mass is 527 g/mol. The standard InChI is InChI=1S/C21H31BrClN7O2/c1-21(2,3)13-9-12(16(31)14(22)10-13)11-26-5-7-30(4)8-6-27-20(32)15-18(24)29-19(25)17(23)28-15/h9-10,26,31H,5-8,11H2,1-4H3,(H,27,32)(H4,24,25,29). The summed E-state index contributed by atoms with van der Waals surface area (Å²) in [6.45, 7) is 9.46. The lowest BCUT2D eigenvalue weighted by Gasteiger charge is -2.22. The van der Waals surface area contributed by atoms with Gasteiger partial charge in [-0.2, -0.15) is 0 Å². The molecule has 2 aromatic rings. The number of halogens is 2. The third-order valence-electron chi connectivity index (χ3n) is 4.89. The number of benzene rings is 1. The zero-order valence-electron chi connectivity index (χ0n) is 18.8. The van der Waals surface area contributed by atoms with Crippen LogP contribution in [0.4, 0.5) is 11.6 Å². The number of amides is 1. The second-order valence-electron chi connectivity index (χ2n) is 8.59. The van der Waals surface area contributed by atoms with Crippen LogP contribution < -0.4 is 22.1 Å². The van der Waals surface area contributed by atoms with Crippen molar-refractivity contribution in [2.24, 2.45) is 0 Å². The molecular formula is C21H31BrClN7O2. The van der Waals surface area contributed by atoms with Crippen LogP contribution in [0.3, 0.4) is 0 Å². The number of nitrogen functional groups attached to an aromatic ring is 2. The largest absolute Gasteiger partial charge is 0.506 e. The summed E-state index contributed by atoms with van der Waals surface area (Å²) in [5.41, 5.74) is 13.2. The van der Waals surface area contributed by atoms with Gasteiger partial charge in [-0.05, 0) is 40.0 Å². The average molecular weight is 529 g/mol. The number of aromatic nitrogens is 2. The van der Waals surface area contributed by atoms with Crippen LogP contribution in [0.25, 0.3) is 0 Å². The predicted molar refractivity (Wildman–Crippen MR) is 132 cm³/mol. The lowest BCUT2D eigenvalue weighted by Crippen LogP contribution is -2.36. The number of hydrogen-bond donors (Lipinski definition) is 5. The molecule has 11 heteroatoms. The number of carbonyl (C=O) groups excluding carboxylic acids is 1. The van der Waals surface area contributed by atoms with Gasteiger partial charge in [-0.15, -0.1) is 0 Å². The summed E-state index contributed by atoms with van der Waals surface area (Å²) in [6.07, 6.45) is 0. The number of nitrogens with zero attached hydrogens (tertiary/aromatic N) is 3. The Bertz CT molecular complexity index is 966. The second-order valence-corrected chi connectivity index (χ2v) is 9.80. The van der Waals surface area contributed by atoms with Crippen LogP contribution >= 0.6 is 27.5 Å². The molecule has 0 unspecified atom stereocenters. The molecule has 9 nitrogen and oxygen atoms in total. The molecule has 0 saturated heterocycles. The molecule has 0 spiro atoms. The first kappa shape index (κ1) is 26.1. The van der Waals surface area contributed by atoms with E-state index in [1.54, 1.807) is 0 Å². The molecule has 1 amide bonds. The summed E-state index contributed by atoms with van der Waals surface area (Å²) in [5, 5.41) is 16.4. The highest BCUT2D eigenvalue weighted by atomic mass is 79.9. The fourth-order valence-electron chi connectivity index (χ4n) is 2.88. The van der Waals surface area contributed by atoms with Crippen LogP contribution in [-0.2, 0) is 12.0 Å². The summed E-state index contributed by atoms with van der Waals surface area (Å²) in [4.78, 5) is 22.0. The van der Waals surface area contributed by atoms with Crippen LogP contribution in [0.1, 0.15) is 42.4 Å². The van der Waals surface area contributed by atoms with Gasteiger partial charge in [0, 0.05) is 38.3 Å². The Morgan fingerprint density at radius 3 is 2.50 bits per heavy atom. The van der Waals surface area contributed by atoms with Crippen molar-refractivity contribution in [3.8, 4) is 5.75 Å². The van der Waals surface area contributed by atoms with E-state index in [-0.39, 0.29) is 33.6 Å². The number of phenolic OH excluding ortho intramolecular Hbond substituents is 1. The SMILES string of the molecule is CN(CCNCc1cc(C(C)(C)C)cc(Br)c1O)CCNC(=O)c1nc(Cl)c(N)nc1N. The topological polar surface area (TPSA) is 142 Å². The van der Waals surface area contributed by atoms with Crippen LogP contribution in [0.15, 0.2) is 16.6 Å². The number of nitrogens with one attached hydrogen (secondary N) is 2. The van der Waals surface area contributed by atoms with Crippen LogP contribution in [0.2, 0.25) is 5.15 Å². The van der Waals surface area contributed by atoms with Crippen LogP contribution in [-0.4, -0.2) is 59.1 Å². The Balaban J connectivity index is 1.77. The van der Waals surface area contributed by atoms with Gasteiger partial charge in [-0.1, -0.05) is 38.4 Å². The van der Waals surface area contributed by atoms with Crippen molar-refractivity contribution in [2.45, 2.75) is 32.7 Å². The van der Waals surface area contributed by atoms with Gasteiger partial charge in [0.25, 0.3) is 5.91 Å². The van der Waals surface area contributed by atoms with Gasteiger partial charge in [0.15, 0.2) is 22.5 Å². The molecule has 1 aromatic heterocycles. The van der Waals surface area contributed by atoms with E-state index in [4.69, 9.17) is 23.1 Å². The minimum Gasteiger partial charge on any atom is -0.506 e. The number of rotatable bonds is 9. The Morgan fingerprint density at radius 2 is 1.84 bits per heavy atom. The minimum absolute atomic E-state index is 0.0104. The molecule has 0 aliphatic rings. The zero-order valence-corrected chi connectivity index (χ0v) is 21.1. The molecule has 1 aromatic carbocycles. The predicted octanol–water partition coefficient (Wildman–Crippen LogP) is 2.51. The molecular weight excluding hydrogens is 498 g/mol. The van der Waals surface area contributed by atoms with Crippen molar-refractivity contribution < 1.29 is 9.90 Å². The Labute approximate surface area is 202 Å². The maximum Gasteiger partial charge on any atom is 0.273 e. The highest BCUT2D eigenvalue weighted by Crippen LogP contribution is 2.34. The summed E-state index contributed by atoms with van der Waals surface area (Å²) in [6, 6.07) is 3.99. The average Bonchev–Trinajstić information content (AvgIpc) is 2.69. The van der Waals surface area contributed by atoms with E-state index in [2.05, 4.69) is 62.2 Å². The zero-order chi connectivity index (χ0) is 24.1. The summed E-state index contributed by atoms with van der Waals surface area (Å²) >= 11 is 9.25. The molecule has 0 saturated carbocycles. The Hall–Kier alpha value is -2.14. The minimum atomic E-state index is -0.455. The van der Waals surface area contributed by atoms with E-state index < -0.39 is 5.91 Å². The molecule has 32 heavy (non-hydrogen) atoms. The number of anilines is 2. The quantitative estimate of drug-likeness (QED) is 0.313. The molecule has 0 atom stereocenters. The molecule has 0 radical (unpaired) electrons. The number of nitrogens with two attached hydrogens (primary N) is 2. The molecule has 0 fully saturated rings. The summed E-state index contributed by atoms with van der Waals surface area (Å²) in [7, 11) is 1.95. The molecule has 7 N–H and O–H groups in total. The lowest BCUT2D eigenvalue weighted by molar-refractivity contribution is 0.0945. The molecule has 0 aliphatic carbocycles. The fraction of sp³-hybridized carbons (Fsp3) is 0.476. The van der Waals surface area contributed by atoms with Gasteiger partial charge in [0.2, 0.25) is 0 Å². The van der Waals surface area contributed by atoms with Gasteiger partial charge < -0.3 is 32.1 Å². The first-order valence-electron chi connectivity index (χ1n) is 10.2. The lowest BCUT2D eigenvalue weighted by atomic mass is 9.86. The van der Waals surface area contributed by atoms with E-state index in [1.807, 2.05) is 19.2 Å². The third-order valence-corrected chi connectivity index (χ3v) is 5.78. The number of likely N-dealkylation sites (N-methyl/N-ethyl adjacent to an activating group) is 1. The number of aromatic hydroxyl groups is 1. The van der Waals surface area contributed by atoms with Crippen molar-refractivity contribution in [3.63, 3.8) is 0 Å². The first-order chi connectivity index (χ1) is 14.9. The normalized spacial score (nSPS) is 11.7. The van der Waals surface area contributed by atoms with E-state index in [1.165, 1.54) is 0 Å². The van der Waals surface area contributed by atoms with Crippen molar-refractivity contribution >= 4 is 45.1 Å². The summed E-state index contributed by atoms with van der Waals surface area (Å²) < 4.78 is 0.697. The summed E-state index contributed by atoms with van der Waals surface area (Å²) in [5.74, 6) is -0.277. The van der Waals surface area contributed by atoms with Crippen molar-refractivity contribution in [2.75, 3.05) is 44.7 Å². The van der Waals surface area contributed by atoms with E-state index in [0.29, 0.717) is 30.7 Å². The smallest absolute Gasteiger partial charge is 0.273 e. The van der Waals surface area contributed by atoms with Crippen LogP contribution in [0.5, 0.6) is 5.75 Å². The third kappa shape index (κ3) is 7.19. The molecule has 176 valence electrons. The highest BCUT2D eigenvalue weighted by Gasteiger charge is 2.18. The first-order valence-corrected chi connectivity index (χ1v) is 11.3. The highest BCUT2D eigenvalue weighted by molar-refractivity contribution is 9.10. The molecule has 0 aliphatic heterocycles. The van der Waals surface area contributed by atoms with E-state index in [9.17, 15) is 9.90 Å². The molecule has 0 bridgehead atoms. The van der Waals surface area contributed by atoms with Gasteiger partial charge in [-0.3, -0.25) is 4.79 Å². The van der Waals surface area contributed by atoms with Gasteiger partial charge >= 0.3 is 0 Å². The van der Waals surface area contributed by atoms with Gasteiger partial charge in [-0.25, -0.2) is 9.97 Å². The van der Waals surface area contributed by atoms with Crippen molar-refractivity contribution in [1.82, 2.24) is 25.5 Å². The van der Waals surface area contributed by atoms with Crippen LogP contribution in [0, 0.1) is 0 Å². The van der Waals surface area contributed by atoms with Gasteiger partial charge in [0.1, 0.15) is 5.75 Å². The van der Waals surface area contributed by atoms with E-state index >= 15 is 0 Å². The number of carbonyl (C=O) groups is 1. The second kappa shape index (κ2) is 11.1.